The van der Waals surface area contributed by atoms with E-state index in [4.69, 9.17) is 0 Å². The monoisotopic (exact) mass is 742 g/mol. The zero-order chi connectivity index (χ0) is 38.3. The molecule has 6 aromatic rings. The number of hydrogen-bond acceptors (Lipinski definition) is 7. The van der Waals surface area contributed by atoms with Crippen molar-refractivity contribution >= 4 is 22.3 Å². The fourth-order valence-electron chi connectivity index (χ4n) is 7.20. The lowest BCUT2D eigenvalue weighted by Gasteiger charge is -2.18. The van der Waals surface area contributed by atoms with E-state index >= 15 is 0 Å². The van der Waals surface area contributed by atoms with Gasteiger partial charge in [-0.1, -0.05) is 66.2 Å². The predicted octanol–water partition coefficient (Wildman–Crippen LogP) is 7.03. The second-order valence-corrected chi connectivity index (χ2v) is 15.5. The van der Waals surface area contributed by atoms with Gasteiger partial charge in [-0.2, -0.15) is 8.42 Å². The minimum absolute atomic E-state index is 0.00837. The summed E-state index contributed by atoms with van der Waals surface area (Å²) in [5, 5.41) is 58.0. The van der Waals surface area contributed by atoms with Gasteiger partial charge in [0.05, 0.1) is 4.90 Å². The van der Waals surface area contributed by atoms with Gasteiger partial charge in [0.15, 0.2) is 12.4 Å². The molecule has 7 rings (SSSR count). The molecule has 0 aliphatic heterocycles. The maximum Gasteiger partial charge on any atom is 0.294 e. The standard InChI is InChI=1S/C44H39NO8S/c1-26-15-33-22-36-18-28(10-9-27-11-13-45(2)14-12-27)17-35(43(36)49)20-31-7-3-5-29(40(31)46)19-30-6-4-8-32(41(30)47)21-37-24-39(54(51,52)53)25-38(44(37)50)23-34(16-26)42(33)48/h3-18,24-25H,19-23H2,1-2H3,(H5,46,47,48,50,51,52,53)/p+1. The molecule has 0 unspecified atom stereocenters. The van der Waals surface area contributed by atoms with Crippen molar-refractivity contribution in [2.75, 3.05) is 0 Å². The molecule has 1 heterocycles. The van der Waals surface area contributed by atoms with Crippen LogP contribution in [0.2, 0.25) is 0 Å². The van der Waals surface area contributed by atoms with Gasteiger partial charge >= 0.3 is 0 Å². The van der Waals surface area contributed by atoms with E-state index in [1.807, 2.05) is 67.3 Å². The molecule has 0 fully saturated rings. The zero-order valence-corrected chi connectivity index (χ0v) is 30.6. The minimum atomic E-state index is -4.71. The van der Waals surface area contributed by atoms with E-state index < -0.39 is 15.0 Å². The van der Waals surface area contributed by atoms with Gasteiger partial charge in [-0.3, -0.25) is 4.55 Å². The van der Waals surface area contributed by atoms with Gasteiger partial charge in [0.1, 0.15) is 35.8 Å². The fourth-order valence-corrected chi connectivity index (χ4v) is 7.79. The number of phenols is 5. The summed E-state index contributed by atoms with van der Waals surface area (Å²) < 4.78 is 36.9. The lowest BCUT2D eigenvalue weighted by atomic mass is 9.90. The van der Waals surface area contributed by atoms with Crippen molar-refractivity contribution in [2.45, 2.75) is 43.9 Å². The van der Waals surface area contributed by atoms with E-state index in [0.717, 1.165) is 16.7 Å². The maximum atomic E-state index is 12.4. The highest BCUT2D eigenvalue weighted by atomic mass is 32.2. The van der Waals surface area contributed by atoms with Crippen LogP contribution < -0.4 is 4.57 Å². The van der Waals surface area contributed by atoms with Crippen molar-refractivity contribution in [3.63, 3.8) is 0 Å². The number of fused-ring (bicyclic) bond motifs is 10. The molecule has 0 spiro atoms. The summed E-state index contributed by atoms with van der Waals surface area (Å²) in [6.07, 6.45) is 8.11. The molecule has 1 aliphatic carbocycles. The van der Waals surface area contributed by atoms with Crippen molar-refractivity contribution in [3.8, 4) is 28.7 Å². The topological polar surface area (TPSA) is 159 Å². The van der Waals surface area contributed by atoms with Crippen LogP contribution in [0.1, 0.15) is 72.3 Å². The Morgan fingerprint density at radius 1 is 0.500 bits per heavy atom. The Bertz CT molecular complexity index is 2580. The Hall–Kier alpha value is -6.10. The van der Waals surface area contributed by atoms with Gasteiger partial charge in [-0.05, 0) is 86.8 Å². The number of pyridine rings is 1. The van der Waals surface area contributed by atoms with Gasteiger partial charge in [-0.25, -0.2) is 4.57 Å². The number of benzene rings is 5. The largest absolute Gasteiger partial charge is 0.507 e. The molecule has 0 saturated heterocycles. The van der Waals surface area contributed by atoms with Crippen molar-refractivity contribution in [1.82, 2.24) is 0 Å². The zero-order valence-electron chi connectivity index (χ0n) is 29.8. The lowest BCUT2D eigenvalue weighted by molar-refractivity contribution is -0.671. The summed E-state index contributed by atoms with van der Waals surface area (Å²) >= 11 is 0. The first-order valence-electron chi connectivity index (χ1n) is 17.4. The Balaban J connectivity index is 1.44. The van der Waals surface area contributed by atoms with Crippen LogP contribution in [0, 0.1) is 6.92 Å². The minimum Gasteiger partial charge on any atom is -0.507 e. The molecule has 54 heavy (non-hydrogen) atoms. The molecule has 0 amide bonds. The van der Waals surface area contributed by atoms with E-state index in [1.165, 1.54) is 12.1 Å². The third-order valence-electron chi connectivity index (χ3n) is 10.0. The van der Waals surface area contributed by atoms with Gasteiger partial charge in [0.25, 0.3) is 10.1 Å². The summed E-state index contributed by atoms with van der Waals surface area (Å²) in [5.74, 6) is -0.412. The summed E-state index contributed by atoms with van der Waals surface area (Å²) in [4.78, 5) is -0.441. The first-order valence-corrected chi connectivity index (χ1v) is 18.9. The van der Waals surface area contributed by atoms with Crippen molar-refractivity contribution in [3.05, 3.63) is 170 Å². The lowest BCUT2D eigenvalue weighted by Crippen LogP contribution is -2.25. The summed E-state index contributed by atoms with van der Waals surface area (Å²) in [5.41, 5.74) is 6.80. The van der Waals surface area contributed by atoms with E-state index in [-0.39, 0.29) is 72.0 Å². The molecule has 0 saturated carbocycles. The first kappa shape index (κ1) is 36.3. The second-order valence-electron chi connectivity index (χ2n) is 14.0. The molecule has 0 atom stereocenters. The number of aryl methyl sites for hydroxylation is 2. The number of para-hydroxylation sites is 2. The molecule has 10 bridgehead atoms. The molecule has 9 nitrogen and oxygen atoms in total. The molecule has 10 heteroatoms. The summed E-state index contributed by atoms with van der Waals surface area (Å²) in [6, 6.07) is 24.0. The van der Waals surface area contributed by atoms with Crippen LogP contribution in [0.4, 0.5) is 0 Å². The SMILES string of the molecule is Cc1cc2c(O)c(c1)Cc1cc(S(=O)(=O)O)cc(c1O)Cc1cccc(c1O)Cc1cccc(c1O)Cc1cc(/C=C/c3cc[n+](C)cc3)cc(c1O)C2. The summed E-state index contributed by atoms with van der Waals surface area (Å²) in [7, 11) is -2.77. The maximum absolute atomic E-state index is 12.4. The Morgan fingerprint density at radius 3 is 1.26 bits per heavy atom. The van der Waals surface area contributed by atoms with Crippen LogP contribution in [0.3, 0.4) is 0 Å². The first-order chi connectivity index (χ1) is 25.7. The average Bonchev–Trinajstić information content (AvgIpc) is 3.12. The molecular formula is C44H40NO8S+. The third kappa shape index (κ3) is 7.52. The fraction of sp³-hybridized carbons (Fsp3) is 0.159. The van der Waals surface area contributed by atoms with Crippen molar-refractivity contribution in [2.24, 2.45) is 7.05 Å². The number of rotatable bonds is 3. The van der Waals surface area contributed by atoms with Crippen LogP contribution in [-0.2, 0) is 49.3 Å². The quantitative estimate of drug-likeness (QED) is 0.0832. The molecule has 6 N–H and O–H groups in total. The smallest absolute Gasteiger partial charge is 0.294 e. The number of aromatic nitrogens is 1. The second kappa shape index (κ2) is 14.4. The third-order valence-corrected chi connectivity index (χ3v) is 10.9. The normalized spacial score (nSPS) is 13.2. The van der Waals surface area contributed by atoms with Gasteiger partial charge in [0, 0.05) is 55.4 Å². The average molecular weight is 743 g/mol. The van der Waals surface area contributed by atoms with E-state index in [0.29, 0.717) is 44.5 Å². The molecule has 5 aromatic carbocycles. The van der Waals surface area contributed by atoms with Crippen LogP contribution in [-0.4, -0.2) is 38.5 Å². The Kier molecular flexibility index (Phi) is 9.66. The number of phenolic OH excluding ortho intramolecular Hbond substituents is 5. The van der Waals surface area contributed by atoms with E-state index in [9.17, 15) is 38.5 Å². The molecule has 0 radical (unpaired) electrons. The highest BCUT2D eigenvalue weighted by Crippen LogP contribution is 2.39. The predicted molar refractivity (Wildman–Crippen MR) is 206 cm³/mol. The Labute approximate surface area is 313 Å². The van der Waals surface area contributed by atoms with Crippen LogP contribution >= 0.6 is 0 Å². The van der Waals surface area contributed by atoms with Crippen LogP contribution in [0.15, 0.2) is 102 Å². The molecule has 1 aliphatic rings. The molecule has 274 valence electrons. The summed E-state index contributed by atoms with van der Waals surface area (Å²) in [6.45, 7) is 1.85. The highest BCUT2D eigenvalue weighted by molar-refractivity contribution is 7.85. The van der Waals surface area contributed by atoms with E-state index in [2.05, 4.69) is 0 Å². The molecule has 1 aromatic heterocycles. The van der Waals surface area contributed by atoms with Gasteiger partial charge in [-0.15, -0.1) is 0 Å². The van der Waals surface area contributed by atoms with Crippen molar-refractivity contribution < 1.29 is 43.1 Å². The van der Waals surface area contributed by atoms with Gasteiger partial charge < -0.3 is 25.5 Å². The van der Waals surface area contributed by atoms with E-state index in [1.54, 1.807) is 48.5 Å². The van der Waals surface area contributed by atoms with Crippen LogP contribution in [0.25, 0.3) is 12.2 Å². The Morgan fingerprint density at radius 2 is 0.833 bits per heavy atom. The van der Waals surface area contributed by atoms with Gasteiger partial charge in [0.2, 0.25) is 0 Å². The molecular weight excluding hydrogens is 703 g/mol. The number of nitrogens with zero attached hydrogens (tertiary/aromatic N) is 1. The number of aromatic hydroxyl groups is 5. The highest BCUT2D eigenvalue weighted by Gasteiger charge is 2.22. The van der Waals surface area contributed by atoms with Crippen LogP contribution in [0.5, 0.6) is 28.7 Å². The van der Waals surface area contributed by atoms with Crippen molar-refractivity contribution in [1.29, 1.82) is 0 Å². The number of hydrogen-bond donors (Lipinski definition) is 6.